The Morgan fingerprint density at radius 2 is 0.821 bits per heavy atom. The van der Waals surface area contributed by atoms with Gasteiger partial charge in [-0.25, -0.2) is 4.79 Å². The van der Waals surface area contributed by atoms with Gasteiger partial charge in [0, 0.05) is 34.1 Å². The van der Waals surface area contributed by atoms with Crippen LogP contribution >= 0.6 is 0 Å². The molecule has 8 aliphatic heterocycles. The number of carbonyl (C=O) groups excluding carboxylic acids is 4. The predicted octanol–water partition coefficient (Wildman–Crippen LogP) is -17.6. The summed E-state index contributed by atoms with van der Waals surface area (Å²) in [6.07, 6.45) is -74.3. The van der Waals surface area contributed by atoms with Gasteiger partial charge >= 0.3 is 5.97 Å². The molecule has 0 aromatic heterocycles. The molecule has 27 N–H and O–H groups in total. The van der Waals surface area contributed by atoms with Crippen molar-refractivity contribution in [3.63, 3.8) is 0 Å². The quantitative estimate of drug-likeness (QED) is 0.0346. The summed E-state index contributed by atoms with van der Waals surface area (Å²) in [7, 11) is 0. The summed E-state index contributed by atoms with van der Waals surface area (Å²) in [6, 6.07) is -7.18. The van der Waals surface area contributed by atoms with E-state index in [0.29, 0.717) is 0 Å². The topological polar surface area (TPSA) is 737 Å². The molecular formula is C59H98N4O43. The molecule has 106 heavy (non-hydrogen) atoms. The standard InChI is InChI=1S/C59H98N4O43/c1-14-31(75)39(83)42(86)54(94-14)92-12-26-47(36(80)28(51(89)95-26)61-16(3)70)101-52-29(62-17(4)71)37(81)46(24(11-68)98-52)103-56-44(88)49(35(79)22(9-66)96-56)104-57-50(41(85)33(77)21(8-65)97-57)105-53-30(63-18(5)72)38(82)45(23(10-67)99-53)102-55-43(87)40(84)34(78)25(100-55)13-93-59(58(90)91)6-19(73)27(60-15(2)69)48(106-59)32(76)20(74)7-64/h14,19-57,64-68,73-89H,6-13H2,1-5H3,(H,60,69)(H,61,70)(H,62,71)(H,63,72)(H,90,91)/t14-,19-,20+,21+,22+,23+,24+,25+,26+,27+,28+,29+,30+,31+,32+,33+,34-,35+,36+,37+,38+,39+,40-,41-,42-,43+,44-,45+,46+,47+,48+,49-,50-,51+,52-,53-,54-,55-,56-,57-,59-/m0/s1. The number of ether oxygens (including phenoxy) is 15. The first-order chi connectivity index (χ1) is 49.9. The number of aliphatic hydroxyl groups excluding tert-OH is 22. The highest BCUT2D eigenvalue weighted by Crippen LogP contribution is 2.40. The molecule has 47 nitrogen and oxygen atoms in total. The Balaban J connectivity index is 1.00. The van der Waals surface area contributed by atoms with Crippen LogP contribution in [-0.2, 0) is 95.0 Å². The van der Waals surface area contributed by atoms with Crippen LogP contribution in [-0.4, -0.2) is 444 Å². The molecule has 8 fully saturated rings. The number of carboxylic acids is 1. The molecular weight excluding hydrogens is 1450 g/mol. The lowest BCUT2D eigenvalue weighted by Crippen LogP contribution is -2.71. The van der Waals surface area contributed by atoms with E-state index in [-0.39, 0.29) is 0 Å². The summed E-state index contributed by atoms with van der Waals surface area (Å²) in [6.45, 7) is -2.47. The highest BCUT2D eigenvalue weighted by molar-refractivity contribution is 5.77. The van der Waals surface area contributed by atoms with Crippen molar-refractivity contribution < 1.29 is 212 Å². The second-order valence-corrected chi connectivity index (χ2v) is 26.8. The van der Waals surface area contributed by atoms with Gasteiger partial charge in [-0.2, -0.15) is 0 Å². The van der Waals surface area contributed by atoms with Crippen LogP contribution in [0.3, 0.4) is 0 Å². The molecule has 8 saturated heterocycles. The van der Waals surface area contributed by atoms with Crippen LogP contribution in [0.15, 0.2) is 0 Å². The Hall–Kier alpha value is -4.13. The maximum Gasteiger partial charge on any atom is 0.364 e. The molecule has 0 aliphatic carbocycles. The van der Waals surface area contributed by atoms with Gasteiger partial charge in [0.05, 0.1) is 64.5 Å². The molecule has 8 rings (SSSR count). The van der Waals surface area contributed by atoms with E-state index in [0.717, 1.165) is 27.7 Å². The highest BCUT2D eigenvalue weighted by Gasteiger charge is 2.61. The van der Waals surface area contributed by atoms with Crippen LogP contribution in [0.5, 0.6) is 0 Å². The Labute approximate surface area is 600 Å². The molecule has 8 aliphatic rings. The Morgan fingerprint density at radius 1 is 0.406 bits per heavy atom. The minimum absolute atomic E-state index is 0.783. The number of hydrogen-bond acceptors (Lipinski definition) is 42. The molecule has 41 atom stereocenters. The number of carboxylic acid groups (broad SMARTS) is 1. The van der Waals surface area contributed by atoms with Crippen LogP contribution < -0.4 is 21.3 Å². The zero-order chi connectivity index (χ0) is 78.6. The van der Waals surface area contributed by atoms with E-state index in [2.05, 4.69) is 21.3 Å². The largest absolute Gasteiger partial charge is 0.477 e. The van der Waals surface area contributed by atoms with Crippen molar-refractivity contribution in [2.24, 2.45) is 0 Å². The summed E-state index contributed by atoms with van der Waals surface area (Å²) in [5, 5.41) is 262. The lowest BCUT2D eigenvalue weighted by molar-refractivity contribution is -0.396. The first-order valence-corrected chi connectivity index (χ1v) is 33.6. The molecule has 0 aromatic rings. The Bertz CT molecular complexity index is 2860. The van der Waals surface area contributed by atoms with Crippen LogP contribution in [0.25, 0.3) is 0 Å². The van der Waals surface area contributed by atoms with Gasteiger partial charge in [0.2, 0.25) is 23.6 Å². The van der Waals surface area contributed by atoms with Crippen LogP contribution in [0, 0.1) is 0 Å². The minimum atomic E-state index is -3.04. The van der Waals surface area contributed by atoms with E-state index >= 15 is 0 Å². The zero-order valence-corrected chi connectivity index (χ0v) is 57.2. The van der Waals surface area contributed by atoms with E-state index in [1.165, 1.54) is 6.92 Å². The van der Waals surface area contributed by atoms with Crippen LogP contribution in [0.2, 0.25) is 0 Å². The third-order valence-electron chi connectivity index (χ3n) is 19.2. The summed E-state index contributed by atoms with van der Waals surface area (Å²) < 4.78 is 87.4. The molecule has 0 bridgehead atoms. The monoisotopic (exact) mass is 1550 g/mol. The van der Waals surface area contributed by atoms with Gasteiger partial charge < -0.3 is 210 Å². The van der Waals surface area contributed by atoms with Crippen molar-refractivity contribution in [1.29, 1.82) is 0 Å². The number of nitrogens with one attached hydrogen (secondary N) is 4. The maximum atomic E-state index is 12.9. The van der Waals surface area contributed by atoms with Gasteiger partial charge in [0.25, 0.3) is 5.79 Å². The SMILES string of the molecule is CC(=O)N[C@@H]1[C@@H](O)[C@H](O[C@@H]2O[C@H](CO)[C@@H](O[C@@H]3O[C@H](CO)[C@@H](O)[C@H](O[C@@H]4O[C@H](CO)[C@@H](O)[C@H](O)[C@@H]4O[C@@H]4O[C@H](CO)[C@@H](O[C@@H]5O[C@H](CO[C@@]6(C(=O)O)C[C@H](O)[C@@H](NC(C)=O)[C@H]([C@H](O)[C@H](O)CO)O6)[C@H](O)[C@H](O)[C@H]5O)[C@H](O)[C@H]4NC(C)=O)[C@@H]3O)[C@H](O)[C@H]2NC(C)=O)[C@@H](CO[C@H]2O[C@@H](C)[C@@H](O)[C@@H](O)[C@@H]2O)O[C@H]1O. The van der Waals surface area contributed by atoms with Crippen molar-refractivity contribution in [1.82, 2.24) is 21.3 Å². The third-order valence-corrected chi connectivity index (χ3v) is 19.2. The van der Waals surface area contributed by atoms with E-state index in [1.807, 2.05) is 0 Å². The highest BCUT2D eigenvalue weighted by atomic mass is 16.8. The van der Waals surface area contributed by atoms with Gasteiger partial charge in [0.1, 0.15) is 183 Å². The second kappa shape index (κ2) is 37.5. The fourth-order valence-electron chi connectivity index (χ4n) is 13.5. The van der Waals surface area contributed by atoms with Gasteiger partial charge in [-0.05, 0) is 6.92 Å². The lowest BCUT2D eigenvalue weighted by Gasteiger charge is -2.51. The summed E-state index contributed by atoms with van der Waals surface area (Å²) >= 11 is 0. The van der Waals surface area contributed by atoms with E-state index in [1.54, 1.807) is 0 Å². The number of rotatable bonds is 28. The minimum Gasteiger partial charge on any atom is -0.477 e. The molecule has 0 aromatic carbocycles. The van der Waals surface area contributed by atoms with E-state index in [4.69, 9.17) is 71.1 Å². The maximum absolute atomic E-state index is 12.9. The number of hydrogen-bond donors (Lipinski definition) is 27. The fourth-order valence-corrected chi connectivity index (χ4v) is 13.5. The normalized spacial score (nSPS) is 47.2. The first-order valence-electron chi connectivity index (χ1n) is 33.6. The van der Waals surface area contributed by atoms with Gasteiger partial charge in [0.15, 0.2) is 44.0 Å². The summed E-state index contributed by atoms with van der Waals surface area (Å²) in [4.78, 5) is 63.0. The number of amides is 4. The van der Waals surface area contributed by atoms with Gasteiger partial charge in [-0.15, -0.1) is 0 Å². The second-order valence-electron chi connectivity index (χ2n) is 26.8. The average molecular weight is 1550 g/mol. The smallest absolute Gasteiger partial charge is 0.364 e. The van der Waals surface area contributed by atoms with E-state index < -0.39 is 333 Å². The van der Waals surface area contributed by atoms with Crippen molar-refractivity contribution in [3.05, 3.63) is 0 Å². The van der Waals surface area contributed by atoms with Crippen molar-refractivity contribution in [2.75, 3.05) is 46.2 Å². The first kappa shape index (κ1) is 87.4. The number of aliphatic carboxylic acids is 1. The molecule has 8 heterocycles. The molecule has 0 radical (unpaired) electrons. The summed E-state index contributed by atoms with van der Waals surface area (Å²) in [5.41, 5.74) is 0. The fraction of sp³-hybridized carbons (Fsp3) is 0.915. The molecule has 47 heteroatoms. The Kier molecular flexibility index (Phi) is 30.9. The number of aliphatic hydroxyl groups is 22. The van der Waals surface area contributed by atoms with E-state index in [9.17, 15) is 141 Å². The predicted molar refractivity (Wildman–Crippen MR) is 327 cm³/mol. The van der Waals surface area contributed by atoms with Crippen molar-refractivity contribution >= 4 is 29.6 Å². The van der Waals surface area contributed by atoms with Crippen molar-refractivity contribution in [3.8, 4) is 0 Å². The molecule has 0 unspecified atom stereocenters. The van der Waals surface area contributed by atoms with Crippen molar-refractivity contribution in [2.45, 2.75) is 292 Å². The Morgan fingerprint density at radius 3 is 1.34 bits per heavy atom. The molecule has 612 valence electrons. The van der Waals surface area contributed by atoms with Crippen LogP contribution in [0.4, 0.5) is 0 Å². The molecule has 0 saturated carbocycles. The number of carbonyl (C=O) groups is 5. The molecule has 4 amide bonds. The average Bonchev–Trinajstić information content (AvgIpc) is 0.769. The third kappa shape index (κ3) is 19.3. The van der Waals surface area contributed by atoms with Gasteiger partial charge in [-0.3, -0.25) is 19.2 Å². The van der Waals surface area contributed by atoms with Crippen LogP contribution in [0.1, 0.15) is 41.0 Å². The lowest BCUT2D eigenvalue weighted by atomic mass is 9.88. The molecule has 0 spiro atoms. The summed E-state index contributed by atoms with van der Waals surface area (Å²) in [5.74, 6) is -8.56. The van der Waals surface area contributed by atoms with Gasteiger partial charge in [-0.1, -0.05) is 0 Å². The zero-order valence-electron chi connectivity index (χ0n) is 57.2.